The van der Waals surface area contributed by atoms with Crippen molar-refractivity contribution in [3.63, 3.8) is 0 Å². The largest absolute Gasteiger partial charge is 0.489 e. The molecule has 0 bridgehead atoms. The molecule has 0 unspecified atom stereocenters. The van der Waals surface area contributed by atoms with Crippen molar-refractivity contribution in [1.82, 2.24) is 25.1 Å². The molecule has 35 heavy (non-hydrogen) atoms. The van der Waals surface area contributed by atoms with Crippen LogP contribution in [0.4, 0.5) is 5.69 Å². The summed E-state index contributed by atoms with van der Waals surface area (Å²) in [6.07, 6.45) is 3.98. The molecule has 3 heterocycles. The lowest BCUT2D eigenvalue weighted by Gasteiger charge is -2.28. The third-order valence-electron chi connectivity index (χ3n) is 6.20. The van der Waals surface area contributed by atoms with Gasteiger partial charge in [0, 0.05) is 44.7 Å². The van der Waals surface area contributed by atoms with E-state index in [0.717, 1.165) is 11.3 Å². The smallest absolute Gasteiger partial charge is 0.272 e. The molecule has 0 aliphatic carbocycles. The Balaban J connectivity index is 1.32. The Kier molecular flexibility index (Phi) is 5.90. The molecule has 4 aromatic rings. The van der Waals surface area contributed by atoms with E-state index in [9.17, 15) is 9.59 Å². The van der Waals surface area contributed by atoms with Gasteiger partial charge >= 0.3 is 0 Å². The first-order valence-corrected chi connectivity index (χ1v) is 11.4. The Bertz CT molecular complexity index is 1410. The summed E-state index contributed by atoms with van der Waals surface area (Å²) in [4.78, 5) is 36.1. The van der Waals surface area contributed by atoms with E-state index in [2.05, 4.69) is 44.6 Å². The van der Waals surface area contributed by atoms with Crippen LogP contribution in [-0.4, -0.2) is 51.3 Å². The number of carbonyl (C=O) groups is 2. The lowest BCUT2D eigenvalue weighted by Crippen LogP contribution is -2.44. The second-order valence-electron chi connectivity index (χ2n) is 8.81. The molecule has 9 nitrogen and oxygen atoms in total. The standard InChI is InChI=1S/C26H26N6O3/c1-16-4-6-17(7-5-16)10-19-12-22(30-32(19)3)26(34)29-18-11-25(33)31(2)23-13-20-21(28-9-8-27-20)14-24(23)35-15-18/h4-9,12-14,18H,10-11,15H2,1-3H3,(H,29,34)/t18-/m1/s1. The van der Waals surface area contributed by atoms with Crippen molar-refractivity contribution in [1.29, 1.82) is 0 Å². The average molecular weight is 471 g/mol. The number of ether oxygens (including phenoxy) is 1. The lowest BCUT2D eigenvalue weighted by atomic mass is 10.1. The Morgan fingerprint density at radius 1 is 1.09 bits per heavy atom. The van der Waals surface area contributed by atoms with Gasteiger partial charge in [-0.3, -0.25) is 24.2 Å². The van der Waals surface area contributed by atoms with Crippen LogP contribution in [-0.2, 0) is 18.3 Å². The zero-order valence-corrected chi connectivity index (χ0v) is 19.9. The number of amides is 2. The van der Waals surface area contributed by atoms with E-state index >= 15 is 0 Å². The predicted molar refractivity (Wildman–Crippen MR) is 132 cm³/mol. The fourth-order valence-electron chi connectivity index (χ4n) is 4.14. The van der Waals surface area contributed by atoms with Gasteiger partial charge in [-0.05, 0) is 24.6 Å². The molecule has 5 rings (SSSR count). The molecule has 1 aliphatic heterocycles. The third kappa shape index (κ3) is 4.70. The Morgan fingerprint density at radius 2 is 1.80 bits per heavy atom. The summed E-state index contributed by atoms with van der Waals surface area (Å²) < 4.78 is 7.73. The van der Waals surface area contributed by atoms with Crippen molar-refractivity contribution in [2.24, 2.45) is 7.05 Å². The van der Waals surface area contributed by atoms with Crippen molar-refractivity contribution in [3.05, 3.63) is 77.4 Å². The molecule has 1 atom stereocenters. The van der Waals surface area contributed by atoms with Gasteiger partial charge in [0.15, 0.2) is 0 Å². The summed E-state index contributed by atoms with van der Waals surface area (Å²) in [6, 6.07) is 13.1. The van der Waals surface area contributed by atoms with Gasteiger partial charge in [-0.1, -0.05) is 29.8 Å². The van der Waals surface area contributed by atoms with E-state index in [-0.39, 0.29) is 24.8 Å². The van der Waals surface area contributed by atoms with E-state index in [1.165, 1.54) is 10.5 Å². The Hall–Kier alpha value is -4.27. The molecule has 0 radical (unpaired) electrons. The molecule has 9 heteroatoms. The van der Waals surface area contributed by atoms with Crippen LogP contribution in [0.2, 0.25) is 0 Å². The molecule has 178 valence electrons. The van der Waals surface area contributed by atoms with E-state index in [0.29, 0.717) is 34.6 Å². The van der Waals surface area contributed by atoms with Gasteiger partial charge in [-0.25, -0.2) is 0 Å². The maximum absolute atomic E-state index is 13.0. The van der Waals surface area contributed by atoms with Gasteiger partial charge in [0.2, 0.25) is 5.91 Å². The number of fused-ring (bicyclic) bond motifs is 2. The topological polar surface area (TPSA) is 102 Å². The highest BCUT2D eigenvalue weighted by Crippen LogP contribution is 2.33. The number of aryl methyl sites for hydroxylation is 2. The first-order chi connectivity index (χ1) is 16.9. The summed E-state index contributed by atoms with van der Waals surface area (Å²) in [6.45, 7) is 2.19. The normalized spacial score (nSPS) is 15.8. The number of nitrogens with zero attached hydrogens (tertiary/aromatic N) is 5. The first kappa shape index (κ1) is 22.5. The summed E-state index contributed by atoms with van der Waals surface area (Å²) in [5, 5.41) is 7.31. The van der Waals surface area contributed by atoms with Gasteiger partial charge in [-0.15, -0.1) is 0 Å². The van der Waals surface area contributed by atoms with Crippen LogP contribution in [0.25, 0.3) is 11.0 Å². The number of hydrogen-bond acceptors (Lipinski definition) is 6. The summed E-state index contributed by atoms with van der Waals surface area (Å²) >= 11 is 0. The van der Waals surface area contributed by atoms with Crippen LogP contribution >= 0.6 is 0 Å². The second kappa shape index (κ2) is 9.17. The average Bonchev–Trinajstić information content (AvgIpc) is 3.22. The zero-order valence-electron chi connectivity index (χ0n) is 19.9. The first-order valence-electron chi connectivity index (χ1n) is 11.4. The van der Waals surface area contributed by atoms with Crippen LogP contribution in [0.3, 0.4) is 0 Å². The van der Waals surface area contributed by atoms with Gasteiger partial charge < -0.3 is 15.0 Å². The number of hydrogen-bond donors (Lipinski definition) is 1. The third-order valence-corrected chi connectivity index (χ3v) is 6.20. The molecule has 0 spiro atoms. The number of rotatable bonds is 4. The highest BCUT2D eigenvalue weighted by Gasteiger charge is 2.27. The molecular formula is C26H26N6O3. The van der Waals surface area contributed by atoms with Gasteiger partial charge in [0.05, 0.1) is 29.2 Å². The fraction of sp³-hybridized carbons (Fsp3) is 0.269. The van der Waals surface area contributed by atoms with Crippen LogP contribution in [0.1, 0.15) is 33.7 Å². The minimum absolute atomic E-state index is 0.100. The van der Waals surface area contributed by atoms with Crippen molar-refractivity contribution in [2.75, 3.05) is 18.6 Å². The van der Waals surface area contributed by atoms with Gasteiger partial charge in [-0.2, -0.15) is 5.10 Å². The highest BCUT2D eigenvalue weighted by molar-refractivity contribution is 5.98. The van der Waals surface area contributed by atoms with Crippen molar-refractivity contribution in [2.45, 2.75) is 25.8 Å². The maximum atomic E-state index is 13.0. The molecule has 0 saturated carbocycles. The lowest BCUT2D eigenvalue weighted by molar-refractivity contribution is -0.119. The number of nitrogens with one attached hydrogen (secondary N) is 1. The SMILES string of the molecule is Cc1ccc(Cc2cc(C(=O)N[C@H]3COc4cc5nccnc5cc4N(C)C(=O)C3)nn2C)cc1. The molecular weight excluding hydrogens is 444 g/mol. The number of benzene rings is 2. The van der Waals surface area contributed by atoms with Crippen LogP contribution in [0, 0.1) is 6.92 Å². The second-order valence-corrected chi connectivity index (χ2v) is 8.81. The van der Waals surface area contributed by atoms with E-state index < -0.39 is 6.04 Å². The van der Waals surface area contributed by atoms with Gasteiger partial charge in [0.25, 0.3) is 5.91 Å². The van der Waals surface area contributed by atoms with Crippen molar-refractivity contribution in [3.8, 4) is 5.75 Å². The fourth-order valence-corrected chi connectivity index (χ4v) is 4.14. The van der Waals surface area contributed by atoms with Crippen LogP contribution in [0.5, 0.6) is 5.75 Å². The summed E-state index contributed by atoms with van der Waals surface area (Å²) in [5.41, 5.74) is 5.54. The number of carbonyl (C=O) groups excluding carboxylic acids is 2. The molecule has 1 aliphatic rings. The minimum Gasteiger partial charge on any atom is -0.489 e. The van der Waals surface area contributed by atoms with Crippen LogP contribution in [0.15, 0.2) is 54.9 Å². The van der Waals surface area contributed by atoms with Gasteiger partial charge in [0.1, 0.15) is 18.1 Å². The predicted octanol–water partition coefficient (Wildman–Crippen LogP) is 2.81. The van der Waals surface area contributed by atoms with E-state index in [4.69, 9.17) is 4.74 Å². The molecule has 2 aromatic carbocycles. The Morgan fingerprint density at radius 3 is 2.54 bits per heavy atom. The summed E-state index contributed by atoms with van der Waals surface area (Å²) in [7, 11) is 3.51. The Labute approximate surface area is 202 Å². The molecule has 2 aromatic heterocycles. The maximum Gasteiger partial charge on any atom is 0.272 e. The van der Waals surface area contributed by atoms with E-state index in [1.54, 1.807) is 42.3 Å². The number of anilines is 1. The molecule has 1 N–H and O–H groups in total. The van der Waals surface area contributed by atoms with Crippen molar-refractivity contribution >= 4 is 28.5 Å². The van der Waals surface area contributed by atoms with Crippen molar-refractivity contribution < 1.29 is 14.3 Å². The number of aromatic nitrogens is 4. The van der Waals surface area contributed by atoms with Crippen LogP contribution < -0.4 is 15.0 Å². The zero-order chi connectivity index (χ0) is 24.5. The monoisotopic (exact) mass is 470 g/mol. The highest BCUT2D eigenvalue weighted by atomic mass is 16.5. The molecule has 2 amide bonds. The molecule has 0 fully saturated rings. The molecule has 0 saturated heterocycles. The quantitative estimate of drug-likeness (QED) is 0.492. The minimum atomic E-state index is -0.509. The van der Waals surface area contributed by atoms with E-state index in [1.807, 2.05) is 14.0 Å². The summed E-state index contributed by atoms with van der Waals surface area (Å²) in [5.74, 6) is 0.0418.